The Kier molecular flexibility index (Phi) is 5.58. The normalized spacial score (nSPS) is 15.9. The fraction of sp³-hybridized carbons (Fsp3) is 0.444. The van der Waals surface area contributed by atoms with Gasteiger partial charge < -0.3 is 24.0 Å². The molecule has 0 saturated carbocycles. The van der Waals surface area contributed by atoms with Crippen molar-refractivity contribution in [3.63, 3.8) is 0 Å². The minimum absolute atomic E-state index is 0.0871. The van der Waals surface area contributed by atoms with Crippen LogP contribution in [0.1, 0.15) is 25.0 Å². The Hall–Kier alpha value is -3.10. The maximum absolute atomic E-state index is 12.6. The molecule has 2 aromatic rings. The van der Waals surface area contributed by atoms with Crippen LogP contribution < -0.4 is 9.47 Å². The molecule has 1 amide bonds. The topological polar surface area (TPSA) is 107 Å². The second-order valence-corrected chi connectivity index (χ2v) is 6.26. The van der Waals surface area contributed by atoms with Crippen molar-refractivity contribution in [2.24, 2.45) is 0 Å². The van der Waals surface area contributed by atoms with Gasteiger partial charge in [0.25, 0.3) is 5.91 Å². The predicted octanol–water partition coefficient (Wildman–Crippen LogP) is 1.25. The van der Waals surface area contributed by atoms with Crippen LogP contribution in [0.2, 0.25) is 0 Å². The summed E-state index contributed by atoms with van der Waals surface area (Å²) in [5.74, 6) is 0.947. The van der Waals surface area contributed by atoms with Gasteiger partial charge in [0, 0.05) is 0 Å². The average Bonchev–Trinajstić information content (AvgIpc) is 3.04. The number of carboxylic acid groups (broad SMARTS) is 1. The van der Waals surface area contributed by atoms with Crippen LogP contribution in [0.15, 0.2) is 24.3 Å². The van der Waals surface area contributed by atoms with Crippen LogP contribution in [0.5, 0.6) is 11.5 Å². The van der Waals surface area contributed by atoms with Crippen molar-refractivity contribution in [2.45, 2.75) is 39.4 Å². The summed E-state index contributed by atoms with van der Waals surface area (Å²) in [4.78, 5) is 25.4. The van der Waals surface area contributed by atoms with Crippen LogP contribution in [0.25, 0.3) is 0 Å². The molecule has 1 aliphatic rings. The molecule has 0 aliphatic carbocycles. The van der Waals surface area contributed by atoms with Crippen molar-refractivity contribution in [1.29, 1.82) is 0 Å². The number of benzene rings is 1. The number of nitrogens with zero attached hydrogens (tertiary/aromatic N) is 4. The summed E-state index contributed by atoms with van der Waals surface area (Å²) in [6.45, 7) is 4.37. The lowest BCUT2D eigenvalue weighted by Crippen LogP contribution is -2.52. The number of carboxylic acids is 1. The Bertz CT molecular complexity index is 818. The zero-order valence-electron chi connectivity index (χ0n) is 15.3. The van der Waals surface area contributed by atoms with E-state index in [1.54, 1.807) is 35.8 Å². The number of hydrogen-bond donors (Lipinski definition) is 1. The van der Waals surface area contributed by atoms with Crippen molar-refractivity contribution < 1.29 is 24.2 Å². The van der Waals surface area contributed by atoms with E-state index in [2.05, 4.69) is 10.2 Å². The summed E-state index contributed by atoms with van der Waals surface area (Å²) >= 11 is 0. The average molecular weight is 374 g/mol. The molecule has 1 aliphatic heterocycles. The smallest absolute Gasteiger partial charge is 0.328 e. The Balaban J connectivity index is 1.63. The van der Waals surface area contributed by atoms with Gasteiger partial charge in [-0.05, 0) is 37.6 Å². The Morgan fingerprint density at radius 1 is 1.19 bits per heavy atom. The molecule has 1 unspecified atom stereocenters. The monoisotopic (exact) mass is 374 g/mol. The lowest BCUT2D eigenvalue weighted by Gasteiger charge is -2.33. The number of aryl methyl sites for hydroxylation is 1. The van der Waals surface area contributed by atoms with E-state index in [0.29, 0.717) is 24.0 Å². The number of carbonyl (C=O) groups excluding carboxylic acids is 1. The number of hydrogen-bond acceptors (Lipinski definition) is 6. The van der Waals surface area contributed by atoms with Crippen LogP contribution in [-0.2, 0) is 22.7 Å². The predicted molar refractivity (Wildman–Crippen MR) is 94.5 cm³/mol. The number of fused-ring (bicyclic) bond motifs is 1. The molecule has 0 spiro atoms. The standard InChI is InChI=1S/C18H22N4O5/c1-3-8-26-13-4-6-14(7-5-13)27-11-17(23)22-10-16-20-19-12(2)21(16)9-15(22)18(24)25/h4-7,15H,3,8-11H2,1-2H3,(H,24,25). The molecular weight excluding hydrogens is 352 g/mol. The second kappa shape index (κ2) is 8.07. The molecule has 9 heteroatoms. The van der Waals surface area contributed by atoms with Crippen LogP contribution in [-0.4, -0.2) is 55.9 Å². The summed E-state index contributed by atoms with van der Waals surface area (Å²) in [5, 5.41) is 17.4. The molecule has 0 bridgehead atoms. The highest BCUT2D eigenvalue weighted by molar-refractivity contribution is 5.84. The zero-order valence-corrected chi connectivity index (χ0v) is 15.3. The molecule has 27 heavy (non-hydrogen) atoms. The maximum atomic E-state index is 12.6. The van der Waals surface area contributed by atoms with E-state index in [1.165, 1.54) is 4.90 Å². The van der Waals surface area contributed by atoms with E-state index in [4.69, 9.17) is 9.47 Å². The Morgan fingerprint density at radius 2 is 1.85 bits per heavy atom. The van der Waals surface area contributed by atoms with E-state index in [1.807, 2.05) is 6.92 Å². The van der Waals surface area contributed by atoms with Gasteiger partial charge in [0.2, 0.25) is 0 Å². The quantitative estimate of drug-likeness (QED) is 0.777. The summed E-state index contributed by atoms with van der Waals surface area (Å²) < 4.78 is 12.7. The van der Waals surface area contributed by atoms with Crippen molar-refractivity contribution in [1.82, 2.24) is 19.7 Å². The third-order valence-corrected chi connectivity index (χ3v) is 4.32. The molecule has 1 aromatic heterocycles. The van der Waals surface area contributed by atoms with E-state index in [0.717, 1.165) is 12.2 Å². The summed E-state index contributed by atoms with van der Waals surface area (Å²) in [6, 6.07) is 5.98. The summed E-state index contributed by atoms with van der Waals surface area (Å²) in [5.41, 5.74) is 0. The number of amides is 1. The molecule has 0 fully saturated rings. The first-order chi connectivity index (χ1) is 13.0. The molecule has 2 heterocycles. The fourth-order valence-corrected chi connectivity index (χ4v) is 2.87. The Morgan fingerprint density at radius 3 is 2.48 bits per heavy atom. The minimum atomic E-state index is -1.07. The van der Waals surface area contributed by atoms with Gasteiger partial charge in [-0.2, -0.15) is 0 Å². The van der Waals surface area contributed by atoms with Crippen LogP contribution >= 0.6 is 0 Å². The lowest BCUT2D eigenvalue weighted by atomic mass is 10.2. The van der Waals surface area contributed by atoms with E-state index >= 15 is 0 Å². The maximum Gasteiger partial charge on any atom is 0.328 e. The highest BCUT2D eigenvalue weighted by Crippen LogP contribution is 2.20. The van der Waals surface area contributed by atoms with Crippen LogP contribution in [0, 0.1) is 6.92 Å². The van der Waals surface area contributed by atoms with Crippen molar-refractivity contribution in [2.75, 3.05) is 13.2 Å². The molecular formula is C18H22N4O5. The molecule has 3 rings (SSSR count). The van der Waals surface area contributed by atoms with E-state index in [-0.39, 0.29) is 19.7 Å². The molecule has 0 saturated heterocycles. The first-order valence-corrected chi connectivity index (χ1v) is 8.76. The van der Waals surface area contributed by atoms with Gasteiger partial charge in [-0.15, -0.1) is 10.2 Å². The van der Waals surface area contributed by atoms with Gasteiger partial charge in [0.15, 0.2) is 12.4 Å². The van der Waals surface area contributed by atoms with Gasteiger partial charge in [-0.25, -0.2) is 4.79 Å². The number of rotatable bonds is 7. The molecule has 0 radical (unpaired) electrons. The van der Waals surface area contributed by atoms with Gasteiger partial charge in [-0.1, -0.05) is 6.92 Å². The van der Waals surface area contributed by atoms with Crippen molar-refractivity contribution in [3.05, 3.63) is 35.9 Å². The largest absolute Gasteiger partial charge is 0.494 e. The SMILES string of the molecule is CCCOc1ccc(OCC(=O)N2Cc3nnc(C)n3CC2C(=O)O)cc1. The Labute approximate surface area is 156 Å². The third-order valence-electron chi connectivity index (χ3n) is 4.32. The first kappa shape index (κ1) is 18.7. The van der Waals surface area contributed by atoms with Gasteiger partial charge in [0.05, 0.1) is 19.7 Å². The van der Waals surface area contributed by atoms with Crippen LogP contribution in [0.4, 0.5) is 0 Å². The highest BCUT2D eigenvalue weighted by Gasteiger charge is 2.36. The lowest BCUT2D eigenvalue weighted by molar-refractivity contribution is -0.153. The number of carbonyl (C=O) groups is 2. The van der Waals surface area contributed by atoms with Gasteiger partial charge in [-0.3, -0.25) is 4.79 Å². The molecule has 1 atom stereocenters. The van der Waals surface area contributed by atoms with Crippen LogP contribution in [0.3, 0.4) is 0 Å². The summed E-state index contributed by atoms with van der Waals surface area (Å²) in [6.07, 6.45) is 0.917. The molecule has 144 valence electrons. The molecule has 1 aromatic carbocycles. The fourth-order valence-electron chi connectivity index (χ4n) is 2.87. The first-order valence-electron chi connectivity index (χ1n) is 8.76. The summed E-state index contributed by atoms with van der Waals surface area (Å²) in [7, 11) is 0. The van der Waals surface area contributed by atoms with E-state index < -0.39 is 17.9 Å². The second-order valence-electron chi connectivity index (χ2n) is 6.26. The van der Waals surface area contributed by atoms with Crippen molar-refractivity contribution in [3.8, 4) is 11.5 Å². The van der Waals surface area contributed by atoms with Crippen molar-refractivity contribution >= 4 is 11.9 Å². The molecule has 1 N–H and O–H groups in total. The van der Waals surface area contributed by atoms with E-state index in [9.17, 15) is 14.7 Å². The highest BCUT2D eigenvalue weighted by atomic mass is 16.5. The minimum Gasteiger partial charge on any atom is -0.494 e. The third kappa shape index (κ3) is 4.18. The van der Waals surface area contributed by atoms with Gasteiger partial charge in [0.1, 0.15) is 23.4 Å². The van der Waals surface area contributed by atoms with Gasteiger partial charge >= 0.3 is 5.97 Å². The number of aliphatic carboxylic acids is 1. The zero-order chi connectivity index (χ0) is 19.4. The molecule has 9 nitrogen and oxygen atoms in total. The number of ether oxygens (including phenoxy) is 2. The number of aromatic nitrogens is 3.